The average molecular weight is 336 g/mol. The normalized spacial score (nSPS) is 11.6. The Balaban J connectivity index is 1.58. The zero-order valence-electron chi connectivity index (χ0n) is 14.5. The van der Waals surface area contributed by atoms with Crippen LogP contribution < -0.4 is 10.2 Å². The van der Waals surface area contributed by atoms with Crippen LogP contribution in [0.25, 0.3) is 10.8 Å². The van der Waals surface area contributed by atoms with E-state index in [0.717, 1.165) is 22.0 Å². The Bertz CT molecular complexity index is 944. The quantitative estimate of drug-likeness (QED) is 0.575. The van der Waals surface area contributed by atoms with Gasteiger partial charge < -0.3 is 4.74 Å². The molecule has 0 aliphatic carbocycles. The van der Waals surface area contributed by atoms with E-state index in [-0.39, 0.29) is 12.5 Å². The predicted molar refractivity (Wildman–Crippen MR) is 97.7 cm³/mol. The summed E-state index contributed by atoms with van der Waals surface area (Å²) in [6, 6.07) is 13.7. The number of hydrazone groups is 1. The maximum Gasteiger partial charge on any atom is 0.277 e. The first-order valence-corrected chi connectivity index (χ1v) is 7.98. The molecule has 6 heteroatoms. The number of aromatic nitrogens is 2. The molecule has 1 aromatic heterocycles. The van der Waals surface area contributed by atoms with Gasteiger partial charge in [0.2, 0.25) is 0 Å². The molecule has 6 nitrogen and oxygen atoms in total. The van der Waals surface area contributed by atoms with E-state index in [1.807, 2.05) is 69.6 Å². The van der Waals surface area contributed by atoms with E-state index in [4.69, 9.17) is 4.74 Å². The van der Waals surface area contributed by atoms with Crippen molar-refractivity contribution in [3.8, 4) is 5.75 Å². The van der Waals surface area contributed by atoms with Crippen LogP contribution >= 0.6 is 0 Å². The highest BCUT2D eigenvalue weighted by Crippen LogP contribution is 2.20. The number of benzene rings is 2. The molecule has 0 atom stereocenters. The monoisotopic (exact) mass is 336 g/mol. The molecule has 0 saturated heterocycles. The van der Waals surface area contributed by atoms with E-state index in [1.54, 1.807) is 4.68 Å². The first kappa shape index (κ1) is 16.7. The SMILES string of the molecule is C/C(=N\NC(=O)COc1ccc2ccccc2c1)c1cn(C)nc1C. The number of aryl methyl sites for hydroxylation is 2. The van der Waals surface area contributed by atoms with E-state index in [0.29, 0.717) is 11.5 Å². The van der Waals surface area contributed by atoms with E-state index in [9.17, 15) is 4.79 Å². The number of ether oxygens (including phenoxy) is 1. The van der Waals surface area contributed by atoms with Gasteiger partial charge in [0, 0.05) is 18.8 Å². The number of amides is 1. The van der Waals surface area contributed by atoms with Crippen molar-refractivity contribution in [2.45, 2.75) is 13.8 Å². The third-order valence-electron chi connectivity index (χ3n) is 3.84. The van der Waals surface area contributed by atoms with Gasteiger partial charge in [0.05, 0.1) is 11.4 Å². The number of hydrogen-bond donors (Lipinski definition) is 1. The van der Waals surface area contributed by atoms with E-state index >= 15 is 0 Å². The van der Waals surface area contributed by atoms with Crippen molar-refractivity contribution in [2.24, 2.45) is 12.1 Å². The van der Waals surface area contributed by atoms with Gasteiger partial charge in [-0.25, -0.2) is 5.43 Å². The summed E-state index contributed by atoms with van der Waals surface area (Å²) in [5.41, 5.74) is 4.98. The molecule has 0 unspecified atom stereocenters. The molecule has 0 spiro atoms. The van der Waals surface area contributed by atoms with Crippen LogP contribution in [-0.2, 0) is 11.8 Å². The summed E-state index contributed by atoms with van der Waals surface area (Å²) < 4.78 is 7.26. The molecule has 3 rings (SSSR count). The fourth-order valence-corrected chi connectivity index (χ4v) is 2.60. The van der Waals surface area contributed by atoms with E-state index in [1.165, 1.54) is 0 Å². The van der Waals surface area contributed by atoms with Gasteiger partial charge in [-0.1, -0.05) is 30.3 Å². The van der Waals surface area contributed by atoms with Crippen LogP contribution in [0.4, 0.5) is 0 Å². The fraction of sp³-hybridized carbons (Fsp3) is 0.211. The summed E-state index contributed by atoms with van der Waals surface area (Å²) in [6.45, 7) is 3.63. The molecule has 1 amide bonds. The van der Waals surface area contributed by atoms with Gasteiger partial charge in [0.15, 0.2) is 6.61 Å². The third-order valence-corrected chi connectivity index (χ3v) is 3.84. The van der Waals surface area contributed by atoms with Crippen LogP contribution in [0.5, 0.6) is 5.75 Å². The number of rotatable bonds is 5. The molecule has 0 bridgehead atoms. The summed E-state index contributed by atoms with van der Waals surface area (Å²) >= 11 is 0. The Kier molecular flexibility index (Phi) is 4.79. The molecular formula is C19H20N4O2. The van der Waals surface area contributed by atoms with Crippen LogP contribution in [0.15, 0.2) is 53.8 Å². The van der Waals surface area contributed by atoms with Gasteiger partial charge in [-0.05, 0) is 36.8 Å². The van der Waals surface area contributed by atoms with Gasteiger partial charge in [0.25, 0.3) is 5.91 Å². The zero-order valence-corrected chi connectivity index (χ0v) is 14.5. The van der Waals surface area contributed by atoms with Crippen LogP contribution in [0.3, 0.4) is 0 Å². The summed E-state index contributed by atoms with van der Waals surface area (Å²) in [4.78, 5) is 11.9. The number of fused-ring (bicyclic) bond motifs is 1. The van der Waals surface area contributed by atoms with Crippen LogP contribution in [-0.4, -0.2) is 28.0 Å². The molecule has 1 heterocycles. The number of hydrogen-bond acceptors (Lipinski definition) is 4. The lowest BCUT2D eigenvalue weighted by Crippen LogP contribution is -2.25. The molecule has 0 radical (unpaired) electrons. The smallest absolute Gasteiger partial charge is 0.277 e. The highest BCUT2D eigenvalue weighted by atomic mass is 16.5. The molecule has 128 valence electrons. The number of carbonyl (C=O) groups is 1. The third kappa shape index (κ3) is 4.03. The van der Waals surface area contributed by atoms with Crippen molar-refractivity contribution >= 4 is 22.4 Å². The van der Waals surface area contributed by atoms with Crippen molar-refractivity contribution in [1.82, 2.24) is 15.2 Å². The lowest BCUT2D eigenvalue weighted by Gasteiger charge is -2.07. The first-order chi connectivity index (χ1) is 12.0. The second kappa shape index (κ2) is 7.17. The lowest BCUT2D eigenvalue weighted by molar-refractivity contribution is -0.123. The van der Waals surface area contributed by atoms with E-state index in [2.05, 4.69) is 15.6 Å². The summed E-state index contributed by atoms with van der Waals surface area (Å²) in [5, 5.41) is 10.6. The Morgan fingerprint density at radius 3 is 2.72 bits per heavy atom. The molecule has 25 heavy (non-hydrogen) atoms. The van der Waals surface area contributed by atoms with Gasteiger partial charge in [0.1, 0.15) is 5.75 Å². The molecule has 0 aliphatic rings. The van der Waals surface area contributed by atoms with Crippen molar-refractivity contribution in [3.05, 3.63) is 59.9 Å². The number of nitrogens with one attached hydrogen (secondary N) is 1. The molecular weight excluding hydrogens is 316 g/mol. The molecule has 0 aliphatic heterocycles. The van der Waals surface area contributed by atoms with Gasteiger partial charge in [-0.15, -0.1) is 0 Å². The Morgan fingerprint density at radius 2 is 2.00 bits per heavy atom. The zero-order chi connectivity index (χ0) is 17.8. The molecule has 0 fully saturated rings. The van der Waals surface area contributed by atoms with Crippen molar-refractivity contribution < 1.29 is 9.53 Å². The lowest BCUT2D eigenvalue weighted by atomic mass is 10.1. The summed E-state index contributed by atoms with van der Waals surface area (Å²) in [6.07, 6.45) is 1.87. The van der Waals surface area contributed by atoms with Crippen molar-refractivity contribution in [3.63, 3.8) is 0 Å². The number of carbonyl (C=O) groups excluding carboxylic acids is 1. The van der Waals surface area contributed by atoms with Gasteiger partial charge in [-0.2, -0.15) is 10.2 Å². The van der Waals surface area contributed by atoms with Gasteiger partial charge in [-0.3, -0.25) is 9.48 Å². The molecule has 0 saturated carbocycles. The highest BCUT2D eigenvalue weighted by molar-refractivity contribution is 6.00. The molecule has 2 aromatic carbocycles. The maximum absolute atomic E-state index is 11.9. The van der Waals surface area contributed by atoms with Crippen LogP contribution in [0, 0.1) is 6.92 Å². The van der Waals surface area contributed by atoms with Crippen molar-refractivity contribution in [2.75, 3.05) is 6.61 Å². The van der Waals surface area contributed by atoms with Crippen LogP contribution in [0.1, 0.15) is 18.2 Å². The summed E-state index contributed by atoms with van der Waals surface area (Å²) in [7, 11) is 1.85. The van der Waals surface area contributed by atoms with Gasteiger partial charge >= 0.3 is 0 Å². The molecule has 1 N–H and O–H groups in total. The number of nitrogens with zero attached hydrogens (tertiary/aromatic N) is 3. The Labute approximate surface area is 146 Å². The Morgan fingerprint density at radius 1 is 1.24 bits per heavy atom. The maximum atomic E-state index is 11.9. The summed E-state index contributed by atoms with van der Waals surface area (Å²) in [5.74, 6) is 0.340. The standard InChI is InChI=1S/C19H20N4O2/c1-13(18-11-23(3)22-14(18)2)20-21-19(24)12-25-17-9-8-15-6-4-5-7-16(15)10-17/h4-11H,12H2,1-3H3,(H,21,24)/b20-13+. The fourth-order valence-electron chi connectivity index (χ4n) is 2.60. The predicted octanol–water partition coefficient (Wildman–Crippen LogP) is 2.80. The second-order valence-corrected chi connectivity index (χ2v) is 5.83. The van der Waals surface area contributed by atoms with Crippen LogP contribution in [0.2, 0.25) is 0 Å². The Hall–Kier alpha value is -3.15. The minimum atomic E-state index is -0.311. The topological polar surface area (TPSA) is 68.5 Å². The van der Waals surface area contributed by atoms with E-state index < -0.39 is 0 Å². The average Bonchev–Trinajstić information content (AvgIpc) is 2.96. The minimum Gasteiger partial charge on any atom is -0.484 e. The van der Waals surface area contributed by atoms with Crippen molar-refractivity contribution in [1.29, 1.82) is 0 Å². The first-order valence-electron chi connectivity index (χ1n) is 7.98. The largest absolute Gasteiger partial charge is 0.484 e. The molecule has 3 aromatic rings. The second-order valence-electron chi connectivity index (χ2n) is 5.83. The highest BCUT2D eigenvalue weighted by Gasteiger charge is 2.08. The minimum absolute atomic E-state index is 0.0961.